The van der Waals surface area contributed by atoms with Gasteiger partial charge in [0.2, 0.25) is 0 Å². The predicted octanol–water partition coefficient (Wildman–Crippen LogP) is 2.65. The number of nitrogens with zero attached hydrogens (tertiary/aromatic N) is 3. The first-order valence-electron chi connectivity index (χ1n) is 8.14. The van der Waals surface area contributed by atoms with E-state index in [-0.39, 0.29) is 5.97 Å². The number of esters is 1. The van der Waals surface area contributed by atoms with E-state index in [0.717, 1.165) is 43.1 Å². The van der Waals surface area contributed by atoms with Gasteiger partial charge in [-0.3, -0.25) is 4.98 Å². The molecule has 0 bridgehead atoms. The standard InChI is InChI=1S/C18H22N4O2/c1-13-11-19-12-17(20-13)22-8-6-15(7-9-22)21-16-5-3-4-14(10-16)18(23)24-2/h3-5,10-12,15,21H,6-9H2,1-2H3. The molecule has 0 unspecified atom stereocenters. The van der Waals surface area contributed by atoms with E-state index in [1.165, 1.54) is 7.11 Å². The minimum atomic E-state index is -0.313. The lowest BCUT2D eigenvalue weighted by Crippen LogP contribution is -2.39. The highest BCUT2D eigenvalue weighted by Gasteiger charge is 2.20. The topological polar surface area (TPSA) is 67.3 Å². The van der Waals surface area contributed by atoms with Crippen molar-refractivity contribution >= 4 is 17.5 Å². The molecule has 2 aromatic rings. The summed E-state index contributed by atoms with van der Waals surface area (Å²) in [6.45, 7) is 3.83. The summed E-state index contributed by atoms with van der Waals surface area (Å²) >= 11 is 0. The summed E-state index contributed by atoms with van der Waals surface area (Å²) in [6, 6.07) is 7.82. The van der Waals surface area contributed by atoms with E-state index >= 15 is 0 Å². The first kappa shape index (κ1) is 16.2. The van der Waals surface area contributed by atoms with Crippen molar-refractivity contribution in [2.75, 3.05) is 30.4 Å². The fourth-order valence-electron chi connectivity index (χ4n) is 2.95. The van der Waals surface area contributed by atoms with Crippen LogP contribution in [0.1, 0.15) is 28.9 Å². The minimum absolute atomic E-state index is 0.313. The molecular formula is C18H22N4O2. The molecule has 1 aliphatic heterocycles. The molecule has 0 aliphatic carbocycles. The molecule has 1 fully saturated rings. The lowest BCUT2D eigenvalue weighted by molar-refractivity contribution is 0.0601. The van der Waals surface area contributed by atoms with Crippen molar-refractivity contribution in [3.63, 3.8) is 0 Å². The SMILES string of the molecule is COC(=O)c1cccc(NC2CCN(c3cncc(C)n3)CC2)c1. The smallest absolute Gasteiger partial charge is 0.337 e. The molecule has 1 aliphatic rings. The van der Waals surface area contributed by atoms with Gasteiger partial charge in [-0.25, -0.2) is 9.78 Å². The van der Waals surface area contributed by atoms with Crippen LogP contribution in [0.2, 0.25) is 0 Å². The summed E-state index contributed by atoms with van der Waals surface area (Å²) in [6.07, 6.45) is 5.61. The Morgan fingerprint density at radius 2 is 2.08 bits per heavy atom. The van der Waals surface area contributed by atoms with Crippen LogP contribution < -0.4 is 10.2 Å². The number of hydrogen-bond acceptors (Lipinski definition) is 6. The van der Waals surface area contributed by atoms with Gasteiger partial charge in [-0.05, 0) is 38.0 Å². The zero-order valence-electron chi connectivity index (χ0n) is 14.0. The van der Waals surface area contributed by atoms with Crippen LogP contribution in [0.5, 0.6) is 0 Å². The summed E-state index contributed by atoms with van der Waals surface area (Å²) in [5.74, 6) is 0.632. The summed E-state index contributed by atoms with van der Waals surface area (Å²) in [5, 5.41) is 3.51. The number of carbonyl (C=O) groups excluding carboxylic acids is 1. The van der Waals surface area contributed by atoms with Gasteiger partial charge in [0.25, 0.3) is 0 Å². The van der Waals surface area contributed by atoms with Crippen molar-refractivity contribution < 1.29 is 9.53 Å². The summed E-state index contributed by atoms with van der Waals surface area (Å²) in [4.78, 5) is 22.6. The van der Waals surface area contributed by atoms with Crippen molar-refractivity contribution in [2.45, 2.75) is 25.8 Å². The quantitative estimate of drug-likeness (QED) is 0.871. The Morgan fingerprint density at radius 3 is 2.79 bits per heavy atom. The third-order valence-electron chi connectivity index (χ3n) is 4.22. The molecule has 3 rings (SSSR count). The molecule has 6 heteroatoms. The van der Waals surface area contributed by atoms with E-state index in [1.807, 2.05) is 31.3 Å². The summed E-state index contributed by atoms with van der Waals surface area (Å²) < 4.78 is 4.77. The first-order valence-corrected chi connectivity index (χ1v) is 8.14. The van der Waals surface area contributed by atoms with Gasteiger partial charge in [0, 0.05) is 31.0 Å². The number of piperidine rings is 1. The highest BCUT2D eigenvalue weighted by Crippen LogP contribution is 2.21. The van der Waals surface area contributed by atoms with Crippen LogP contribution in [0.25, 0.3) is 0 Å². The second-order valence-electron chi connectivity index (χ2n) is 6.00. The zero-order valence-corrected chi connectivity index (χ0v) is 14.0. The monoisotopic (exact) mass is 326 g/mol. The van der Waals surface area contributed by atoms with Gasteiger partial charge >= 0.3 is 5.97 Å². The van der Waals surface area contributed by atoms with Crippen LogP contribution in [0.15, 0.2) is 36.7 Å². The number of ether oxygens (including phenoxy) is 1. The second-order valence-corrected chi connectivity index (χ2v) is 6.00. The van der Waals surface area contributed by atoms with Gasteiger partial charge in [-0.1, -0.05) is 6.07 Å². The van der Waals surface area contributed by atoms with Gasteiger partial charge in [0.15, 0.2) is 0 Å². The molecule has 1 saturated heterocycles. The molecule has 1 aromatic heterocycles. The van der Waals surface area contributed by atoms with Crippen LogP contribution in [0.3, 0.4) is 0 Å². The maximum atomic E-state index is 11.6. The van der Waals surface area contributed by atoms with E-state index < -0.39 is 0 Å². The molecule has 0 atom stereocenters. The maximum absolute atomic E-state index is 11.6. The molecule has 0 spiro atoms. The van der Waals surface area contributed by atoms with Crippen LogP contribution >= 0.6 is 0 Å². The largest absolute Gasteiger partial charge is 0.465 e. The van der Waals surface area contributed by atoms with E-state index in [2.05, 4.69) is 20.2 Å². The number of anilines is 2. The Bertz CT molecular complexity index is 712. The van der Waals surface area contributed by atoms with Gasteiger partial charge in [-0.15, -0.1) is 0 Å². The molecule has 0 saturated carbocycles. The molecule has 126 valence electrons. The Kier molecular flexibility index (Phi) is 4.93. The van der Waals surface area contributed by atoms with Crippen molar-refractivity contribution in [1.29, 1.82) is 0 Å². The Balaban J connectivity index is 1.58. The fourth-order valence-corrected chi connectivity index (χ4v) is 2.95. The predicted molar refractivity (Wildman–Crippen MR) is 93.4 cm³/mol. The number of benzene rings is 1. The fraction of sp³-hybridized carbons (Fsp3) is 0.389. The molecule has 0 amide bonds. The number of rotatable bonds is 4. The highest BCUT2D eigenvalue weighted by molar-refractivity contribution is 5.90. The number of aryl methyl sites for hydroxylation is 1. The molecule has 2 heterocycles. The molecular weight excluding hydrogens is 304 g/mol. The van der Waals surface area contributed by atoms with Gasteiger partial charge in [0.1, 0.15) is 5.82 Å². The van der Waals surface area contributed by atoms with Crippen molar-refractivity contribution in [1.82, 2.24) is 9.97 Å². The maximum Gasteiger partial charge on any atom is 0.337 e. The number of methoxy groups -OCH3 is 1. The molecule has 1 N–H and O–H groups in total. The van der Waals surface area contributed by atoms with Crippen LogP contribution in [-0.2, 0) is 4.74 Å². The number of nitrogens with one attached hydrogen (secondary N) is 1. The van der Waals surface area contributed by atoms with E-state index in [4.69, 9.17) is 4.74 Å². The number of aromatic nitrogens is 2. The third kappa shape index (κ3) is 3.82. The second kappa shape index (κ2) is 7.29. The van der Waals surface area contributed by atoms with Crippen LogP contribution in [0, 0.1) is 6.92 Å². The van der Waals surface area contributed by atoms with Crippen LogP contribution in [0.4, 0.5) is 11.5 Å². The number of carbonyl (C=O) groups is 1. The summed E-state index contributed by atoms with van der Waals surface area (Å²) in [7, 11) is 1.40. The number of hydrogen-bond donors (Lipinski definition) is 1. The van der Waals surface area contributed by atoms with E-state index in [9.17, 15) is 4.79 Å². The van der Waals surface area contributed by atoms with Crippen molar-refractivity contribution in [3.05, 3.63) is 47.9 Å². The first-order chi connectivity index (χ1) is 11.7. The average Bonchev–Trinajstić information content (AvgIpc) is 2.62. The normalized spacial score (nSPS) is 15.2. The Morgan fingerprint density at radius 1 is 1.29 bits per heavy atom. The van der Waals surface area contributed by atoms with E-state index in [0.29, 0.717) is 11.6 Å². The molecule has 6 nitrogen and oxygen atoms in total. The van der Waals surface area contributed by atoms with Gasteiger partial charge in [0.05, 0.1) is 24.6 Å². The lowest BCUT2D eigenvalue weighted by Gasteiger charge is -2.33. The molecule has 0 radical (unpaired) electrons. The van der Waals surface area contributed by atoms with Crippen LogP contribution in [-0.4, -0.2) is 42.2 Å². The zero-order chi connectivity index (χ0) is 16.9. The highest BCUT2D eigenvalue weighted by atomic mass is 16.5. The average molecular weight is 326 g/mol. The summed E-state index contributed by atoms with van der Waals surface area (Å²) in [5.41, 5.74) is 2.45. The third-order valence-corrected chi connectivity index (χ3v) is 4.22. The molecule has 1 aromatic carbocycles. The van der Waals surface area contributed by atoms with Gasteiger partial charge < -0.3 is 15.0 Å². The Labute approximate surface area is 141 Å². The lowest BCUT2D eigenvalue weighted by atomic mass is 10.0. The van der Waals surface area contributed by atoms with Crippen molar-refractivity contribution in [3.8, 4) is 0 Å². The minimum Gasteiger partial charge on any atom is -0.465 e. The molecule has 24 heavy (non-hydrogen) atoms. The Hall–Kier alpha value is -2.63. The van der Waals surface area contributed by atoms with Crippen molar-refractivity contribution in [2.24, 2.45) is 0 Å². The van der Waals surface area contributed by atoms with Gasteiger partial charge in [-0.2, -0.15) is 0 Å². The van der Waals surface area contributed by atoms with E-state index in [1.54, 1.807) is 12.3 Å².